The highest BCUT2D eigenvalue weighted by molar-refractivity contribution is 5.78. The maximum Gasteiger partial charge on any atom is 0.223 e. The molecule has 1 aromatic rings. The Balaban J connectivity index is 1.45. The van der Waals surface area contributed by atoms with Crippen molar-refractivity contribution < 1.29 is 4.79 Å². The van der Waals surface area contributed by atoms with Crippen LogP contribution in [0.4, 0.5) is 0 Å². The molecular weight excluding hydrogens is 312 g/mol. The molecule has 0 saturated carbocycles. The Kier molecular flexibility index (Phi) is 6.84. The first-order valence-corrected chi connectivity index (χ1v) is 9.70. The van der Waals surface area contributed by atoms with E-state index in [1.807, 2.05) is 0 Å². The zero-order chi connectivity index (χ0) is 17.5. The third-order valence-corrected chi connectivity index (χ3v) is 5.51. The lowest BCUT2D eigenvalue weighted by Crippen LogP contribution is -2.47. The molecule has 1 unspecified atom stereocenters. The summed E-state index contributed by atoms with van der Waals surface area (Å²) in [7, 11) is 2.20. The molecule has 2 fully saturated rings. The Bertz CT molecular complexity index is 530. The topological polar surface area (TPSA) is 47.6 Å². The number of carbonyl (C=O) groups is 1. The van der Waals surface area contributed by atoms with E-state index in [0.29, 0.717) is 6.04 Å². The van der Waals surface area contributed by atoms with Crippen LogP contribution in [0.1, 0.15) is 30.9 Å². The van der Waals surface area contributed by atoms with Crippen LogP contribution in [0.25, 0.3) is 0 Å². The van der Waals surface area contributed by atoms with Crippen molar-refractivity contribution in [3.63, 3.8) is 0 Å². The Morgan fingerprint density at radius 1 is 1.20 bits per heavy atom. The predicted octanol–water partition coefficient (Wildman–Crippen LogP) is 1.48. The number of piperidine rings is 1. The van der Waals surface area contributed by atoms with Gasteiger partial charge in [0.25, 0.3) is 0 Å². The standard InChI is InChI=1S/C20H32N4O/c1-23-14-15-24(19(16-23)17-6-3-2-4-7-17)13-5-10-22-20(25)18-8-11-21-12-9-18/h2-4,6-7,18-19,21H,5,8-16H2,1H3,(H,22,25). The van der Waals surface area contributed by atoms with Gasteiger partial charge < -0.3 is 15.5 Å². The van der Waals surface area contributed by atoms with Crippen LogP contribution >= 0.6 is 0 Å². The number of benzene rings is 1. The van der Waals surface area contributed by atoms with E-state index in [4.69, 9.17) is 0 Å². The molecule has 0 aromatic heterocycles. The van der Waals surface area contributed by atoms with Gasteiger partial charge in [-0.2, -0.15) is 0 Å². The highest BCUT2D eigenvalue weighted by Crippen LogP contribution is 2.24. The summed E-state index contributed by atoms with van der Waals surface area (Å²) >= 11 is 0. The minimum absolute atomic E-state index is 0.210. The van der Waals surface area contributed by atoms with Crippen LogP contribution in [0.15, 0.2) is 30.3 Å². The van der Waals surface area contributed by atoms with E-state index in [0.717, 1.165) is 65.1 Å². The van der Waals surface area contributed by atoms with E-state index in [1.54, 1.807) is 0 Å². The van der Waals surface area contributed by atoms with Crippen molar-refractivity contribution in [3.05, 3.63) is 35.9 Å². The van der Waals surface area contributed by atoms with E-state index in [1.165, 1.54) is 5.56 Å². The number of nitrogens with zero attached hydrogens (tertiary/aromatic N) is 2. The number of hydrogen-bond donors (Lipinski definition) is 2. The molecule has 3 rings (SSSR count). The molecule has 2 aliphatic rings. The van der Waals surface area contributed by atoms with Crippen LogP contribution in [-0.4, -0.2) is 68.6 Å². The van der Waals surface area contributed by atoms with Gasteiger partial charge in [-0.1, -0.05) is 30.3 Å². The van der Waals surface area contributed by atoms with Crippen LogP contribution in [0.3, 0.4) is 0 Å². The van der Waals surface area contributed by atoms with E-state index in [-0.39, 0.29) is 11.8 Å². The first kappa shape index (κ1) is 18.4. The average Bonchev–Trinajstić information content (AvgIpc) is 2.67. The number of nitrogens with one attached hydrogen (secondary N) is 2. The van der Waals surface area contributed by atoms with Gasteiger partial charge in [-0.3, -0.25) is 9.69 Å². The van der Waals surface area contributed by atoms with Gasteiger partial charge in [0, 0.05) is 44.7 Å². The molecule has 5 heteroatoms. The second-order valence-corrected chi connectivity index (χ2v) is 7.39. The summed E-state index contributed by atoms with van der Waals surface area (Å²) in [5, 5.41) is 6.46. The highest BCUT2D eigenvalue weighted by atomic mass is 16.1. The van der Waals surface area contributed by atoms with Crippen LogP contribution in [0.2, 0.25) is 0 Å². The first-order valence-electron chi connectivity index (χ1n) is 9.70. The minimum Gasteiger partial charge on any atom is -0.356 e. The van der Waals surface area contributed by atoms with E-state index in [9.17, 15) is 4.79 Å². The second-order valence-electron chi connectivity index (χ2n) is 7.39. The van der Waals surface area contributed by atoms with Crippen molar-refractivity contribution in [1.82, 2.24) is 20.4 Å². The van der Waals surface area contributed by atoms with E-state index in [2.05, 4.69) is 57.8 Å². The number of piperazine rings is 1. The summed E-state index contributed by atoms with van der Waals surface area (Å²) in [6, 6.07) is 11.3. The molecule has 0 aliphatic carbocycles. The molecular formula is C20H32N4O. The lowest BCUT2D eigenvalue weighted by atomic mass is 9.97. The predicted molar refractivity (Wildman–Crippen MR) is 101 cm³/mol. The number of carbonyl (C=O) groups excluding carboxylic acids is 1. The Labute approximate surface area is 151 Å². The van der Waals surface area contributed by atoms with Gasteiger partial charge in [0.2, 0.25) is 5.91 Å². The Morgan fingerprint density at radius 2 is 1.96 bits per heavy atom. The lowest BCUT2D eigenvalue weighted by Gasteiger charge is -2.40. The van der Waals surface area contributed by atoms with Gasteiger partial charge in [0.1, 0.15) is 0 Å². The van der Waals surface area contributed by atoms with Gasteiger partial charge in [-0.15, -0.1) is 0 Å². The van der Waals surface area contributed by atoms with Crippen molar-refractivity contribution in [3.8, 4) is 0 Å². The maximum atomic E-state index is 12.2. The lowest BCUT2D eigenvalue weighted by molar-refractivity contribution is -0.125. The monoisotopic (exact) mass is 344 g/mol. The quantitative estimate of drug-likeness (QED) is 0.768. The molecule has 0 bridgehead atoms. The molecule has 0 radical (unpaired) electrons. The van der Waals surface area contributed by atoms with Gasteiger partial charge in [0.15, 0.2) is 0 Å². The number of rotatable bonds is 6. The SMILES string of the molecule is CN1CCN(CCCNC(=O)C2CCNCC2)C(c2ccccc2)C1. The molecule has 1 atom stereocenters. The largest absolute Gasteiger partial charge is 0.356 e. The van der Waals surface area contributed by atoms with E-state index >= 15 is 0 Å². The summed E-state index contributed by atoms with van der Waals surface area (Å²) in [5.74, 6) is 0.460. The van der Waals surface area contributed by atoms with Crippen LogP contribution in [-0.2, 0) is 4.79 Å². The number of likely N-dealkylation sites (N-methyl/N-ethyl adjacent to an activating group) is 1. The fraction of sp³-hybridized carbons (Fsp3) is 0.650. The Hall–Kier alpha value is -1.43. The van der Waals surface area contributed by atoms with Crippen molar-refractivity contribution >= 4 is 5.91 Å². The Morgan fingerprint density at radius 3 is 2.72 bits per heavy atom. The molecule has 138 valence electrons. The fourth-order valence-corrected chi connectivity index (χ4v) is 3.94. The van der Waals surface area contributed by atoms with Gasteiger partial charge in [0.05, 0.1) is 0 Å². The van der Waals surface area contributed by atoms with Crippen molar-refractivity contribution in [2.75, 3.05) is 52.9 Å². The fourth-order valence-electron chi connectivity index (χ4n) is 3.94. The van der Waals surface area contributed by atoms with Crippen molar-refractivity contribution in [1.29, 1.82) is 0 Å². The molecule has 2 aliphatic heterocycles. The van der Waals surface area contributed by atoms with Gasteiger partial charge in [-0.05, 0) is 45.0 Å². The average molecular weight is 345 g/mol. The van der Waals surface area contributed by atoms with Gasteiger partial charge >= 0.3 is 0 Å². The summed E-state index contributed by atoms with van der Waals surface area (Å²) in [6.45, 7) is 7.06. The summed E-state index contributed by atoms with van der Waals surface area (Å²) in [4.78, 5) is 17.2. The third-order valence-electron chi connectivity index (χ3n) is 5.51. The zero-order valence-corrected chi connectivity index (χ0v) is 15.4. The maximum absolute atomic E-state index is 12.2. The van der Waals surface area contributed by atoms with Crippen molar-refractivity contribution in [2.45, 2.75) is 25.3 Å². The third kappa shape index (κ3) is 5.27. The van der Waals surface area contributed by atoms with Crippen LogP contribution < -0.4 is 10.6 Å². The van der Waals surface area contributed by atoms with Crippen LogP contribution in [0.5, 0.6) is 0 Å². The molecule has 5 nitrogen and oxygen atoms in total. The molecule has 1 aromatic carbocycles. The first-order chi connectivity index (χ1) is 12.2. The normalized spacial score (nSPS) is 23.5. The molecule has 2 saturated heterocycles. The summed E-state index contributed by atoms with van der Waals surface area (Å²) < 4.78 is 0. The number of hydrogen-bond acceptors (Lipinski definition) is 4. The summed E-state index contributed by atoms with van der Waals surface area (Å²) in [5.41, 5.74) is 1.40. The minimum atomic E-state index is 0.210. The number of amides is 1. The zero-order valence-electron chi connectivity index (χ0n) is 15.4. The second kappa shape index (κ2) is 9.32. The highest BCUT2D eigenvalue weighted by Gasteiger charge is 2.26. The summed E-state index contributed by atoms with van der Waals surface area (Å²) in [6.07, 6.45) is 2.96. The van der Waals surface area contributed by atoms with Gasteiger partial charge in [-0.25, -0.2) is 0 Å². The van der Waals surface area contributed by atoms with Crippen molar-refractivity contribution in [2.24, 2.45) is 5.92 Å². The molecule has 0 spiro atoms. The smallest absolute Gasteiger partial charge is 0.223 e. The molecule has 25 heavy (non-hydrogen) atoms. The van der Waals surface area contributed by atoms with E-state index < -0.39 is 0 Å². The molecule has 1 amide bonds. The molecule has 2 heterocycles. The van der Waals surface area contributed by atoms with Crippen LogP contribution in [0, 0.1) is 5.92 Å². The molecule has 2 N–H and O–H groups in total.